The molecule has 3 rings (SSSR count). The van der Waals surface area contributed by atoms with E-state index in [1.807, 2.05) is 24.3 Å². The molecule has 0 aliphatic rings. The van der Waals surface area contributed by atoms with Crippen LogP contribution in [0.5, 0.6) is 5.75 Å². The summed E-state index contributed by atoms with van der Waals surface area (Å²) < 4.78 is 6.36. The number of nitrogens with one attached hydrogen (secondary N) is 1. The van der Waals surface area contributed by atoms with Crippen molar-refractivity contribution >= 4 is 11.6 Å². The molecule has 1 amide bonds. The highest BCUT2D eigenvalue weighted by molar-refractivity contribution is 5.93. The van der Waals surface area contributed by atoms with Crippen LogP contribution >= 0.6 is 0 Å². The summed E-state index contributed by atoms with van der Waals surface area (Å²) in [5.74, 6) is 0.283. The monoisotopic (exact) mass is 420 g/mol. The van der Waals surface area contributed by atoms with Gasteiger partial charge in [0.05, 0.1) is 24.4 Å². The smallest absolute Gasteiger partial charge is 0.267 e. The predicted octanol–water partition coefficient (Wildman–Crippen LogP) is 4.65. The number of benzene rings is 2. The fourth-order valence-electron chi connectivity index (χ4n) is 2.62. The van der Waals surface area contributed by atoms with Gasteiger partial charge in [-0.25, -0.2) is 4.68 Å². The number of anilines is 1. The first-order valence-corrected chi connectivity index (χ1v) is 9.98. The number of carbonyl (C=O) groups is 1. The Kier molecular flexibility index (Phi) is 8.52. The second-order valence-electron chi connectivity index (χ2n) is 6.79. The first-order chi connectivity index (χ1) is 14.9. The Bertz CT molecular complexity index is 1120. The lowest BCUT2D eigenvalue weighted by Gasteiger charge is -2.15. The van der Waals surface area contributed by atoms with Crippen LogP contribution in [0.15, 0.2) is 65.5 Å². The number of nitrogens with zero attached hydrogens (tertiary/aromatic N) is 3. The zero-order valence-corrected chi connectivity index (χ0v) is 18.1. The topological polar surface area (TPSA) is 97.0 Å². The summed E-state index contributed by atoms with van der Waals surface area (Å²) in [6.07, 6.45) is 1.25. The van der Waals surface area contributed by atoms with Crippen LogP contribution in [0.25, 0.3) is 11.3 Å². The molecule has 0 bridgehead atoms. The molecule has 1 aromatic heterocycles. The average Bonchev–Trinajstić information content (AvgIpc) is 2.80. The molecule has 1 unspecified atom stereocenters. The van der Waals surface area contributed by atoms with Crippen LogP contribution in [0.2, 0.25) is 0 Å². The number of hydrogen-bond acceptors (Lipinski definition) is 5. The summed E-state index contributed by atoms with van der Waals surface area (Å²) in [6, 6.07) is 17.9. The number of hydrogen-bond donors (Lipinski definition) is 1. The van der Waals surface area contributed by atoms with Crippen LogP contribution in [0.1, 0.15) is 40.2 Å². The van der Waals surface area contributed by atoms with Crippen molar-refractivity contribution in [1.82, 2.24) is 9.78 Å². The van der Waals surface area contributed by atoms with Gasteiger partial charge in [0.25, 0.3) is 5.56 Å². The molecule has 0 aliphatic heterocycles. The third-order valence-electron chi connectivity index (χ3n) is 4.22. The third-order valence-corrected chi connectivity index (χ3v) is 4.22. The summed E-state index contributed by atoms with van der Waals surface area (Å²) in [6.45, 7) is 5.85. The van der Waals surface area contributed by atoms with Crippen molar-refractivity contribution in [3.63, 3.8) is 0 Å². The normalized spacial score (nSPS) is 10.8. The Labute approximate surface area is 183 Å². The number of ether oxygens (including phenoxy) is 1. The van der Waals surface area contributed by atoms with Gasteiger partial charge in [0.15, 0.2) is 0 Å². The number of rotatable bonds is 5. The van der Waals surface area contributed by atoms with Gasteiger partial charge in [-0.1, -0.05) is 32.4 Å². The van der Waals surface area contributed by atoms with E-state index < -0.39 is 6.04 Å². The van der Waals surface area contributed by atoms with Gasteiger partial charge in [0.1, 0.15) is 11.8 Å². The molecule has 0 aliphatic carbocycles. The van der Waals surface area contributed by atoms with E-state index in [2.05, 4.69) is 24.3 Å². The Balaban J connectivity index is 0.00000121. The predicted molar refractivity (Wildman–Crippen MR) is 123 cm³/mol. The Morgan fingerprint density at radius 3 is 2.48 bits per heavy atom. The van der Waals surface area contributed by atoms with Gasteiger partial charge in [-0.2, -0.15) is 10.4 Å². The van der Waals surface area contributed by atoms with Gasteiger partial charge in [-0.15, -0.1) is 0 Å². The highest BCUT2D eigenvalue weighted by atomic mass is 16.5. The van der Waals surface area contributed by atoms with Crippen molar-refractivity contribution in [3.8, 4) is 23.1 Å². The molecule has 1 atom stereocenters. The van der Waals surface area contributed by atoms with Crippen LogP contribution in [-0.2, 0) is 4.79 Å². The first-order valence-electron chi connectivity index (χ1n) is 9.98. The van der Waals surface area contributed by atoms with E-state index in [9.17, 15) is 9.59 Å². The summed E-state index contributed by atoms with van der Waals surface area (Å²) in [4.78, 5) is 24.8. The van der Waals surface area contributed by atoms with Gasteiger partial charge < -0.3 is 10.1 Å². The third kappa shape index (κ3) is 6.28. The molecule has 1 heterocycles. The highest BCUT2D eigenvalue weighted by Gasteiger charge is 2.18. The van der Waals surface area contributed by atoms with E-state index in [-0.39, 0.29) is 12.9 Å². The Morgan fingerprint density at radius 2 is 1.87 bits per heavy atom. The fraction of sp³-hybridized carbons (Fsp3) is 0.250. The minimum atomic E-state index is -0.825. The molecular weight excluding hydrogens is 392 g/mol. The van der Waals surface area contributed by atoms with Gasteiger partial charge in [-0.3, -0.25) is 9.59 Å². The van der Waals surface area contributed by atoms with Gasteiger partial charge in [-0.05, 0) is 49.4 Å². The summed E-state index contributed by atoms with van der Waals surface area (Å²) >= 11 is 0. The Morgan fingerprint density at radius 1 is 1.19 bits per heavy atom. The minimum Gasteiger partial charge on any atom is -0.497 e. The largest absolute Gasteiger partial charge is 0.497 e. The molecule has 1 N–H and O–H groups in total. The van der Waals surface area contributed by atoms with Crippen LogP contribution in [0.4, 0.5) is 5.69 Å². The summed E-state index contributed by atoms with van der Waals surface area (Å²) in [7, 11) is 1.57. The van der Waals surface area contributed by atoms with Crippen molar-refractivity contribution in [2.45, 2.75) is 33.2 Å². The van der Waals surface area contributed by atoms with Crippen LogP contribution in [0.3, 0.4) is 0 Å². The van der Waals surface area contributed by atoms with Crippen LogP contribution < -0.4 is 15.6 Å². The average molecular weight is 421 g/mol. The molecule has 162 valence electrons. The zero-order chi connectivity index (χ0) is 22.8. The van der Waals surface area contributed by atoms with Crippen molar-refractivity contribution in [2.75, 3.05) is 12.4 Å². The maximum Gasteiger partial charge on any atom is 0.267 e. The van der Waals surface area contributed by atoms with E-state index in [0.29, 0.717) is 22.7 Å². The Hall–Kier alpha value is -3.92. The van der Waals surface area contributed by atoms with Gasteiger partial charge in [0, 0.05) is 18.7 Å². The second kappa shape index (κ2) is 11.3. The molecule has 0 radical (unpaired) electrons. The van der Waals surface area contributed by atoms with Gasteiger partial charge in [0.2, 0.25) is 5.91 Å². The lowest BCUT2D eigenvalue weighted by atomic mass is 10.1. The number of carbonyl (C=O) groups excluding carboxylic acids is 1. The first kappa shape index (κ1) is 23.4. The molecule has 7 heteroatoms. The highest BCUT2D eigenvalue weighted by Crippen LogP contribution is 2.21. The molecule has 2 aromatic carbocycles. The molecule has 0 saturated heterocycles. The molecule has 3 aromatic rings. The van der Waals surface area contributed by atoms with E-state index in [4.69, 9.17) is 10.00 Å². The maximum atomic E-state index is 12.6. The van der Waals surface area contributed by atoms with Crippen molar-refractivity contribution in [2.24, 2.45) is 0 Å². The van der Waals surface area contributed by atoms with Crippen LogP contribution in [-0.4, -0.2) is 22.8 Å². The lowest BCUT2D eigenvalue weighted by molar-refractivity contribution is -0.119. The minimum absolute atomic E-state index is 0. The lowest BCUT2D eigenvalue weighted by Crippen LogP contribution is -2.33. The number of nitriles is 1. The summed E-state index contributed by atoms with van der Waals surface area (Å²) in [5, 5.41) is 15.9. The van der Waals surface area contributed by atoms with Crippen LogP contribution in [0, 0.1) is 11.3 Å². The maximum absolute atomic E-state index is 12.6. The van der Waals surface area contributed by atoms with E-state index in [1.54, 1.807) is 50.4 Å². The molecular formula is C24H28N4O3. The zero-order valence-electron chi connectivity index (χ0n) is 18.1. The van der Waals surface area contributed by atoms with E-state index in [0.717, 1.165) is 10.2 Å². The van der Waals surface area contributed by atoms with E-state index in [1.165, 1.54) is 12.5 Å². The van der Waals surface area contributed by atoms with Gasteiger partial charge >= 0.3 is 0 Å². The van der Waals surface area contributed by atoms with E-state index >= 15 is 0 Å². The standard InChI is InChI=1S/C21H18N4O3.C3H8.H2/c1-14(21(27)23-17-8-6-15(13-22)7-9-17)25-20(26)11-10-19(24-25)16-4-3-5-18(12-16)28-2;1-3-2;/h3-12,14H,1-2H3,(H,23,27);3H2,1-2H3;1H. The molecule has 0 saturated carbocycles. The quantitative estimate of drug-likeness (QED) is 0.648. The molecule has 0 fully saturated rings. The molecule has 7 nitrogen and oxygen atoms in total. The number of aromatic nitrogens is 2. The number of amides is 1. The molecule has 0 spiro atoms. The SMILES string of the molecule is CCC.COc1cccc(-c2ccc(=O)n(C(C)C(=O)Nc3ccc(C#N)cc3)n2)c1.[HH]. The summed E-state index contributed by atoms with van der Waals surface area (Å²) in [5.41, 5.74) is 1.97. The molecule has 31 heavy (non-hydrogen) atoms. The number of methoxy groups -OCH3 is 1. The second-order valence-corrected chi connectivity index (χ2v) is 6.79. The van der Waals surface area contributed by atoms with Crippen molar-refractivity contribution in [3.05, 3.63) is 76.6 Å². The van der Waals surface area contributed by atoms with Crippen molar-refractivity contribution in [1.29, 1.82) is 5.26 Å². The fourth-order valence-corrected chi connectivity index (χ4v) is 2.62. The van der Waals surface area contributed by atoms with Crippen molar-refractivity contribution < 1.29 is 11.0 Å².